The molecular weight excluding hydrogens is 248 g/mol. The van der Waals surface area contributed by atoms with Crippen molar-refractivity contribution >= 4 is 12.6 Å². The van der Waals surface area contributed by atoms with Crippen LogP contribution in [0.4, 0.5) is 4.39 Å². The van der Waals surface area contributed by atoms with Gasteiger partial charge < -0.3 is 14.8 Å². The molecule has 0 radical (unpaired) electrons. The fraction of sp³-hybridized carbons (Fsp3) is 0.154. The molecule has 0 unspecified atom stereocenters. The number of pyridine rings is 1. The first-order chi connectivity index (χ1) is 9.15. The molecule has 0 amide bonds. The molecule has 1 aromatic heterocycles. The van der Waals surface area contributed by atoms with E-state index in [1.165, 1.54) is 12.1 Å². The van der Waals surface area contributed by atoms with Crippen LogP contribution in [0.1, 0.15) is 5.56 Å². The van der Waals surface area contributed by atoms with Gasteiger partial charge in [0.1, 0.15) is 11.6 Å². The molecule has 2 N–H and O–H groups in total. The summed E-state index contributed by atoms with van der Waals surface area (Å²) in [5.74, 6) is -0.290. The van der Waals surface area contributed by atoms with E-state index in [9.17, 15) is 4.39 Å². The van der Waals surface area contributed by atoms with Gasteiger partial charge in [-0.1, -0.05) is 0 Å². The fourth-order valence-electron chi connectivity index (χ4n) is 1.65. The molecule has 0 spiro atoms. The lowest BCUT2D eigenvalue weighted by atomic mass is 9.80. The topological polar surface area (TPSA) is 62.6 Å². The molecule has 1 heterocycles. The Labute approximate surface area is 110 Å². The Kier molecular flexibility index (Phi) is 4.49. The zero-order chi connectivity index (χ0) is 13.7. The maximum atomic E-state index is 13.2. The fourth-order valence-corrected chi connectivity index (χ4v) is 1.65. The third-order valence-electron chi connectivity index (χ3n) is 2.60. The summed E-state index contributed by atoms with van der Waals surface area (Å²) in [6.07, 6.45) is 4.05. The van der Waals surface area contributed by atoms with Crippen molar-refractivity contribution in [1.29, 1.82) is 0 Å². The van der Waals surface area contributed by atoms with Crippen LogP contribution in [-0.2, 0) is 6.42 Å². The van der Waals surface area contributed by atoms with Crippen LogP contribution in [0.15, 0.2) is 42.7 Å². The van der Waals surface area contributed by atoms with Gasteiger partial charge >= 0.3 is 7.12 Å². The van der Waals surface area contributed by atoms with Gasteiger partial charge in [0, 0.05) is 24.9 Å². The highest BCUT2D eigenvalue weighted by molar-refractivity contribution is 6.58. The van der Waals surface area contributed by atoms with Gasteiger partial charge in [-0.2, -0.15) is 0 Å². The molecule has 0 atom stereocenters. The van der Waals surface area contributed by atoms with Gasteiger partial charge in [0.2, 0.25) is 0 Å². The first-order valence-electron chi connectivity index (χ1n) is 5.83. The van der Waals surface area contributed by atoms with Crippen LogP contribution >= 0.6 is 0 Å². The second-order valence-electron chi connectivity index (χ2n) is 4.05. The Hall–Kier alpha value is -1.92. The molecule has 0 aliphatic rings. The molecule has 1 aromatic carbocycles. The van der Waals surface area contributed by atoms with Crippen molar-refractivity contribution < 1.29 is 19.2 Å². The molecule has 0 saturated carbocycles. The highest BCUT2D eigenvalue weighted by atomic mass is 19.1. The lowest BCUT2D eigenvalue weighted by molar-refractivity contribution is 0.320. The lowest BCUT2D eigenvalue weighted by Crippen LogP contribution is -2.30. The molecule has 0 fully saturated rings. The quantitative estimate of drug-likeness (QED) is 0.770. The molecule has 6 heteroatoms. The Morgan fingerprint density at radius 1 is 1.16 bits per heavy atom. The number of aromatic nitrogens is 1. The van der Waals surface area contributed by atoms with Crippen molar-refractivity contribution in [2.24, 2.45) is 0 Å². The van der Waals surface area contributed by atoms with E-state index in [0.29, 0.717) is 13.0 Å². The first kappa shape index (κ1) is 13.5. The van der Waals surface area contributed by atoms with E-state index in [0.717, 1.165) is 11.6 Å². The molecule has 0 aliphatic heterocycles. The van der Waals surface area contributed by atoms with Crippen molar-refractivity contribution in [2.75, 3.05) is 6.61 Å². The molecular formula is C13H13BFNO3. The van der Waals surface area contributed by atoms with Crippen LogP contribution in [0.2, 0.25) is 0 Å². The first-order valence-corrected chi connectivity index (χ1v) is 5.83. The molecule has 0 aliphatic carbocycles. The van der Waals surface area contributed by atoms with Crippen LogP contribution in [0.25, 0.3) is 0 Å². The summed E-state index contributed by atoms with van der Waals surface area (Å²) >= 11 is 0. The molecule has 19 heavy (non-hydrogen) atoms. The van der Waals surface area contributed by atoms with E-state index in [-0.39, 0.29) is 11.2 Å². The van der Waals surface area contributed by atoms with Crippen LogP contribution in [0.5, 0.6) is 5.75 Å². The Morgan fingerprint density at radius 2 is 1.89 bits per heavy atom. The monoisotopic (exact) mass is 261 g/mol. The maximum absolute atomic E-state index is 13.2. The molecule has 2 rings (SSSR count). The summed E-state index contributed by atoms with van der Waals surface area (Å²) in [7, 11) is -1.71. The van der Waals surface area contributed by atoms with Gasteiger partial charge in [-0.25, -0.2) is 4.39 Å². The largest absolute Gasteiger partial charge is 0.493 e. The molecule has 4 nitrogen and oxygen atoms in total. The minimum Gasteiger partial charge on any atom is -0.493 e. The number of halogens is 1. The van der Waals surface area contributed by atoms with E-state index < -0.39 is 12.9 Å². The van der Waals surface area contributed by atoms with E-state index in [1.807, 2.05) is 12.1 Å². The highest BCUT2D eigenvalue weighted by Crippen LogP contribution is 2.11. The minimum atomic E-state index is -1.71. The predicted octanol–water partition coefficient (Wildman–Crippen LogP) is 0.522. The van der Waals surface area contributed by atoms with Gasteiger partial charge in [0.25, 0.3) is 0 Å². The number of benzene rings is 1. The summed E-state index contributed by atoms with van der Waals surface area (Å²) < 4.78 is 18.6. The standard InChI is InChI=1S/C13H13BFNO3/c15-12-7-11(14(17)18)8-13(9-12)19-6-3-10-1-4-16-5-2-10/h1-2,4-5,7-9,17-18H,3,6H2. The zero-order valence-corrected chi connectivity index (χ0v) is 10.2. The average molecular weight is 261 g/mol. The van der Waals surface area contributed by atoms with Crippen molar-refractivity contribution in [3.8, 4) is 5.75 Å². The Bertz CT molecular complexity index is 537. The summed E-state index contributed by atoms with van der Waals surface area (Å²) in [4.78, 5) is 3.91. The van der Waals surface area contributed by atoms with Crippen molar-refractivity contribution in [1.82, 2.24) is 4.98 Å². The van der Waals surface area contributed by atoms with Gasteiger partial charge in [-0.05, 0) is 35.3 Å². The van der Waals surface area contributed by atoms with E-state index in [1.54, 1.807) is 12.4 Å². The summed E-state index contributed by atoms with van der Waals surface area (Å²) in [5, 5.41) is 18.0. The number of hydrogen-bond donors (Lipinski definition) is 2. The zero-order valence-electron chi connectivity index (χ0n) is 10.2. The molecule has 0 bridgehead atoms. The van der Waals surface area contributed by atoms with Gasteiger partial charge in [0.15, 0.2) is 0 Å². The van der Waals surface area contributed by atoms with Crippen molar-refractivity contribution in [3.63, 3.8) is 0 Å². The van der Waals surface area contributed by atoms with Gasteiger partial charge in [-0.3, -0.25) is 4.98 Å². The number of ether oxygens (including phenoxy) is 1. The average Bonchev–Trinajstić information content (AvgIpc) is 2.39. The van der Waals surface area contributed by atoms with E-state index >= 15 is 0 Å². The van der Waals surface area contributed by atoms with E-state index in [4.69, 9.17) is 14.8 Å². The van der Waals surface area contributed by atoms with E-state index in [2.05, 4.69) is 4.98 Å². The van der Waals surface area contributed by atoms with Crippen LogP contribution in [0.3, 0.4) is 0 Å². The molecule has 98 valence electrons. The molecule has 0 saturated heterocycles. The normalized spacial score (nSPS) is 10.3. The predicted molar refractivity (Wildman–Crippen MR) is 69.7 cm³/mol. The molecule has 2 aromatic rings. The summed E-state index contributed by atoms with van der Waals surface area (Å²) in [6.45, 7) is 0.369. The second-order valence-corrected chi connectivity index (χ2v) is 4.05. The number of rotatable bonds is 5. The summed E-state index contributed by atoms with van der Waals surface area (Å²) in [5.41, 5.74) is 1.13. The highest BCUT2D eigenvalue weighted by Gasteiger charge is 2.13. The third-order valence-corrected chi connectivity index (χ3v) is 2.60. The second kappa shape index (κ2) is 6.31. The van der Waals surface area contributed by atoms with Gasteiger partial charge in [-0.15, -0.1) is 0 Å². The Morgan fingerprint density at radius 3 is 2.58 bits per heavy atom. The minimum absolute atomic E-state index is 0.0684. The van der Waals surface area contributed by atoms with Crippen LogP contribution in [0, 0.1) is 5.82 Å². The number of hydrogen-bond acceptors (Lipinski definition) is 4. The third kappa shape index (κ3) is 4.05. The van der Waals surface area contributed by atoms with Crippen LogP contribution < -0.4 is 10.2 Å². The lowest BCUT2D eigenvalue weighted by Gasteiger charge is -2.08. The number of nitrogens with zero attached hydrogens (tertiary/aromatic N) is 1. The SMILES string of the molecule is OB(O)c1cc(F)cc(OCCc2ccncc2)c1. The Balaban J connectivity index is 1.96. The van der Waals surface area contributed by atoms with Crippen molar-refractivity contribution in [2.45, 2.75) is 6.42 Å². The van der Waals surface area contributed by atoms with Crippen molar-refractivity contribution in [3.05, 3.63) is 54.1 Å². The van der Waals surface area contributed by atoms with Gasteiger partial charge in [0.05, 0.1) is 6.61 Å². The summed E-state index contributed by atoms with van der Waals surface area (Å²) in [6, 6.07) is 7.41. The van der Waals surface area contributed by atoms with Crippen LogP contribution in [-0.4, -0.2) is 28.8 Å². The maximum Gasteiger partial charge on any atom is 0.488 e. The smallest absolute Gasteiger partial charge is 0.488 e.